The number of aryl methyl sites for hydroxylation is 1. The Labute approximate surface area is 279 Å². The summed E-state index contributed by atoms with van der Waals surface area (Å²) in [7, 11) is 0. The number of carbonyl (C=O) groups excluding carboxylic acids is 2. The second-order valence-corrected chi connectivity index (χ2v) is 14.4. The third kappa shape index (κ3) is 7.09. The van der Waals surface area contributed by atoms with Crippen LogP contribution in [0, 0.1) is 18.2 Å². The van der Waals surface area contributed by atoms with Gasteiger partial charge in [0.2, 0.25) is 5.91 Å². The van der Waals surface area contributed by atoms with Crippen LogP contribution in [-0.2, 0) is 23.9 Å². The van der Waals surface area contributed by atoms with E-state index in [1.54, 1.807) is 0 Å². The first-order valence-electron chi connectivity index (χ1n) is 16.8. The van der Waals surface area contributed by atoms with Gasteiger partial charge in [-0.3, -0.25) is 14.6 Å². The summed E-state index contributed by atoms with van der Waals surface area (Å²) in [6.45, 7) is 10.3. The molecule has 3 amide bonds. The molecule has 0 saturated carbocycles. The Hall–Kier alpha value is -3.93. The van der Waals surface area contributed by atoms with E-state index in [4.69, 9.17) is 4.98 Å². The number of anilines is 2. The van der Waals surface area contributed by atoms with E-state index < -0.39 is 29.0 Å². The van der Waals surface area contributed by atoms with Crippen molar-refractivity contribution >= 4 is 23.3 Å². The van der Waals surface area contributed by atoms with Gasteiger partial charge in [-0.05, 0) is 87.6 Å². The van der Waals surface area contributed by atoms with E-state index >= 15 is 0 Å². The van der Waals surface area contributed by atoms with Crippen molar-refractivity contribution in [1.29, 1.82) is 0 Å². The molecular weight excluding hydrogens is 624 g/mol. The zero-order valence-electron chi connectivity index (χ0n) is 28.0. The Bertz CT molecular complexity index is 1620. The molecule has 3 aliphatic rings. The lowest BCUT2D eigenvalue weighted by molar-refractivity contribution is -0.140. The Morgan fingerprint density at radius 1 is 0.958 bits per heavy atom. The van der Waals surface area contributed by atoms with E-state index in [-0.39, 0.29) is 11.6 Å². The maximum absolute atomic E-state index is 13.7. The van der Waals surface area contributed by atoms with Gasteiger partial charge in [0.1, 0.15) is 11.6 Å². The van der Waals surface area contributed by atoms with Crippen molar-refractivity contribution in [3.05, 3.63) is 77.1 Å². The summed E-state index contributed by atoms with van der Waals surface area (Å²) in [6, 6.07) is 10.6. The third-order valence-corrected chi connectivity index (χ3v) is 10.0. The third-order valence-electron chi connectivity index (χ3n) is 10.0. The van der Waals surface area contributed by atoms with Gasteiger partial charge in [-0.2, -0.15) is 13.2 Å². The number of aromatic nitrogens is 2. The molecule has 0 aliphatic carbocycles. The summed E-state index contributed by atoms with van der Waals surface area (Å²) in [4.78, 5) is 37.3. The Kier molecular flexibility index (Phi) is 9.32. The number of alkyl halides is 3. The average molecular weight is 669 g/mol. The minimum Gasteiger partial charge on any atom is -0.336 e. The predicted octanol–water partition coefficient (Wildman–Crippen LogP) is 7.58. The van der Waals surface area contributed by atoms with Crippen LogP contribution in [0.5, 0.6) is 0 Å². The standard InChI is InChI=1S/C36H44F4N6O2/c1-23-41-31-22-43(33(47)35(2,3)4)19-16-32(31)46(23)30-20-28-14-15-29(21-30)44(28)17-5-18-45(27-12-8-25(37)9-13-27)34(48)42-26-10-6-24(7-11-26)36(38,39)40/h6-13,28-30H,5,14-22H2,1-4H3,(H,42,48)/t28-,29+,30?. The number of piperidine rings is 1. The van der Waals surface area contributed by atoms with Crippen molar-refractivity contribution in [2.75, 3.05) is 29.9 Å². The number of rotatable bonds is 7. The normalized spacial score (nSPS) is 21.2. The number of nitrogens with one attached hydrogen (secondary N) is 1. The monoisotopic (exact) mass is 668 g/mol. The minimum atomic E-state index is -4.47. The number of imidazole rings is 1. The molecule has 2 bridgehead atoms. The number of hydrogen-bond acceptors (Lipinski definition) is 4. The first-order valence-corrected chi connectivity index (χ1v) is 16.8. The predicted molar refractivity (Wildman–Crippen MR) is 176 cm³/mol. The fourth-order valence-electron chi connectivity index (χ4n) is 7.81. The van der Waals surface area contributed by atoms with Crippen LogP contribution in [0.25, 0.3) is 0 Å². The smallest absolute Gasteiger partial charge is 0.336 e. The molecule has 3 atom stereocenters. The summed E-state index contributed by atoms with van der Waals surface area (Å²) in [5.74, 6) is 0.741. The fourth-order valence-corrected chi connectivity index (χ4v) is 7.81. The number of nitrogens with zero attached hydrogens (tertiary/aromatic N) is 5. The molecule has 2 saturated heterocycles. The Balaban J connectivity index is 1.09. The summed E-state index contributed by atoms with van der Waals surface area (Å²) in [5, 5.41) is 2.70. The number of carbonyl (C=O) groups is 2. The topological polar surface area (TPSA) is 73.7 Å². The van der Waals surface area contributed by atoms with Gasteiger partial charge in [0.25, 0.3) is 0 Å². The van der Waals surface area contributed by atoms with Gasteiger partial charge in [-0.25, -0.2) is 14.2 Å². The van der Waals surface area contributed by atoms with Gasteiger partial charge >= 0.3 is 12.2 Å². The highest BCUT2D eigenvalue weighted by atomic mass is 19.4. The molecule has 6 rings (SSSR count). The molecule has 8 nitrogen and oxygen atoms in total. The molecule has 0 radical (unpaired) electrons. The molecular formula is C36H44F4N6O2. The van der Waals surface area contributed by atoms with Crippen molar-refractivity contribution in [2.24, 2.45) is 5.41 Å². The van der Waals surface area contributed by atoms with Crippen LogP contribution in [0.3, 0.4) is 0 Å². The molecule has 3 aromatic rings. The molecule has 2 aromatic carbocycles. The van der Waals surface area contributed by atoms with Crippen molar-refractivity contribution < 1.29 is 27.2 Å². The van der Waals surface area contributed by atoms with Crippen molar-refractivity contribution in [1.82, 2.24) is 19.4 Å². The van der Waals surface area contributed by atoms with Crippen LogP contribution in [0.2, 0.25) is 0 Å². The SMILES string of the molecule is Cc1nc2c(n1C1C[C@H]3CC[C@@H](C1)N3CCCN(C(=O)Nc1ccc(C(F)(F)F)cc1)c1ccc(F)cc1)CCN(C(=O)C(C)(C)C)C2. The zero-order valence-corrected chi connectivity index (χ0v) is 28.0. The van der Waals surface area contributed by atoms with Crippen molar-refractivity contribution in [3.63, 3.8) is 0 Å². The summed E-state index contributed by atoms with van der Waals surface area (Å²) >= 11 is 0. The Morgan fingerprint density at radius 3 is 2.21 bits per heavy atom. The number of amides is 3. The van der Waals surface area contributed by atoms with Crippen molar-refractivity contribution in [2.45, 2.75) is 97.1 Å². The highest BCUT2D eigenvalue weighted by Crippen LogP contribution is 2.42. The molecule has 48 heavy (non-hydrogen) atoms. The van der Waals surface area contributed by atoms with Crippen LogP contribution < -0.4 is 10.2 Å². The second-order valence-electron chi connectivity index (χ2n) is 14.4. The van der Waals surface area contributed by atoms with Crippen LogP contribution >= 0.6 is 0 Å². The lowest BCUT2D eigenvalue weighted by atomic mass is 9.93. The molecule has 3 aliphatic heterocycles. The van der Waals surface area contributed by atoms with E-state index in [9.17, 15) is 27.2 Å². The minimum absolute atomic E-state index is 0.154. The van der Waals surface area contributed by atoms with E-state index in [1.807, 2.05) is 25.7 Å². The van der Waals surface area contributed by atoms with Gasteiger partial charge in [-0.15, -0.1) is 0 Å². The summed E-state index contributed by atoms with van der Waals surface area (Å²) in [6.07, 6.45) is 1.26. The van der Waals surface area contributed by atoms with Gasteiger partial charge < -0.3 is 14.8 Å². The van der Waals surface area contributed by atoms with Crippen LogP contribution in [0.1, 0.15) is 81.7 Å². The van der Waals surface area contributed by atoms with E-state index in [2.05, 4.69) is 21.7 Å². The first-order chi connectivity index (χ1) is 22.7. The highest BCUT2D eigenvalue weighted by Gasteiger charge is 2.42. The van der Waals surface area contributed by atoms with E-state index in [1.165, 1.54) is 47.0 Å². The highest BCUT2D eigenvalue weighted by molar-refractivity contribution is 6.01. The molecule has 258 valence electrons. The largest absolute Gasteiger partial charge is 0.416 e. The lowest BCUT2D eigenvalue weighted by Crippen LogP contribution is -2.46. The first kappa shape index (κ1) is 34.0. The van der Waals surface area contributed by atoms with Gasteiger partial charge in [-0.1, -0.05) is 20.8 Å². The molecule has 2 fully saturated rings. The van der Waals surface area contributed by atoms with E-state index in [0.29, 0.717) is 49.9 Å². The number of hydrogen-bond donors (Lipinski definition) is 1. The lowest BCUT2D eigenvalue weighted by Gasteiger charge is -2.41. The maximum atomic E-state index is 13.7. The van der Waals surface area contributed by atoms with Gasteiger partial charge in [0.05, 0.1) is 17.8 Å². The van der Waals surface area contributed by atoms with Crippen LogP contribution in [0.15, 0.2) is 48.5 Å². The fraction of sp³-hybridized carbons (Fsp3) is 0.528. The average Bonchev–Trinajstić information content (AvgIpc) is 3.48. The van der Waals surface area contributed by atoms with Crippen LogP contribution in [-0.4, -0.2) is 63.0 Å². The number of benzene rings is 2. The second kappa shape index (κ2) is 13.2. The molecule has 0 spiro atoms. The van der Waals surface area contributed by atoms with E-state index in [0.717, 1.165) is 62.3 Å². The van der Waals surface area contributed by atoms with Gasteiger partial charge in [0.15, 0.2) is 0 Å². The van der Waals surface area contributed by atoms with Gasteiger partial charge in [0, 0.05) is 66.7 Å². The number of halogens is 4. The summed E-state index contributed by atoms with van der Waals surface area (Å²) in [5.41, 5.74) is 1.80. The quantitative estimate of drug-likeness (QED) is 0.264. The molecule has 1 unspecified atom stereocenters. The molecule has 4 heterocycles. The zero-order chi connectivity index (χ0) is 34.4. The van der Waals surface area contributed by atoms with Crippen molar-refractivity contribution in [3.8, 4) is 0 Å². The summed E-state index contributed by atoms with van der Waals surface area (Å²) < 4.78 is 55.2. The number of urea groups is 1. The molecule has 1 aromatic heterocycles. The molecule has 1 N–H and O–H groups in total. The van der Waals surface area contributed by atoms with Crippen LogP contribution in [0.4, 0.5) is 33.7 Å². The molecule has 12 heteroatoms. The number of fused-ring (bicyclic) bond motifs is 3. The maximum Gasteiger partial charge on any atom is 0.416 e. The Morgan fingerprint density at radius 2 is 1.60 bits per heavy atom.